The zero-order valence-corrected chi connectivity index (χ0v) is 13.6. The average Bonchev–Trinajstić information content (AvgIpc) is 2.86. The third-order valence-electron chi connectivity index (χ3n) is 5.33. The highest BCUT2D eigenvalue weighted by Crippen LogP contribution is 2.38. The molecule has 3 fully saturated rings. The Hall–Kier alpha value is -0.260. The second kappa shape index (κ2) is 7.34. The van der Waals surface area contributed by atoms with Crippen molar-refractivity contribution in [2.75, 3.05) is 5.75 Å². The lowest BCUT2D eigenvalue weighted by Gasteiger charge is -2.40. The zero-order valence-electron chi connectivity index (χ0n) is 12.8. The molecule has 2 saturated carbocycles. The fourth-order valence-corrected chi connectivity index (χ4v) is 5.63. The fraction of sp³-hybridized carbons (Fsp3) is 0.938. The Kier molecular flexibility index (Phi) is 5.46. The molecule has 0 bridgehead atoms. The van der Waals surface area contributed by atoms with E-state index in [4.69, 9.17) is 5.11 Å². The summed E-state index contributed by atoms with van der Waals surface area (Å²) in [5, 5.41) is 12.7. The van der Waals surface area contributed by atoms with Crippen molar-refractivity contribution in [3.63, 3.8) is 0 Å². The van der Waals surface area contributed by atoms with Crippen LogP contribution in [-0.2, 0) is 4.79 Å². The molecule has 0 aromatic rings. The molecule has 0 aromatic heterocycles. The molecular formula is C16H28N2O2S. The van der Waals surface area contributed by atoms with Crippen LogP contribution in [0.15, 0.2) is 0 Å². The van der Waals surface area contributed by atoms with Gasteiger partial charge in [-0.25, -0.2) is 0 Å². The number of rotatable bonds is 5. The SMILES string of the molecule is O=C(O)CCSC1NC2CCCCC2N1C1CCCCC1. The van der Waals surface area contributed by atoms with E-state index in [0.29, 0.717) is 17.6 Å². The number of thioether (sulfide) groups is 1. The maximum atomic E-state index is 10.8. The number of carbonyl (C=O) groups is 1. The molecule has 3 atom stereocenters. The molecule has 0 spiro atoms. The summed E-state index contributed by atoms with van der Waals surface area (Å²) in [4.78, 5) is 13.5. The molecule has 4 nitrogen and oxygen atoms in total. The first kappa shape index (κ1) is 15.6. The highest BCUT2D eigenvalue weighted by atomic mass is 32.2. The van der Waals surface area contributed by atoms with Crippen LogP contribution in [0.5, 0.6) is 0 Å². The maximum Gasteiger partial charge on any atom is 0.304 e. The van der Waals surface area contributed by atoms with E-state index in [1.807, 2.05) is 11.8 Å². The Balaban J connectivity index is 1.65. The van der Waals surface area contributed by atoms with Crippen LogP contribution in [0.1, 0.15) is 64.2 Å². The van der Waals surface area contributed by atoms with Gasteiger partial charge < -0.3 is 5.11 Å². The fourth-order valence-electron chi connectivity index (χ4n) is 4.34. The normalized spacial score (nSPS) is 34.8. The summed E-state index contributed by atoms with van der Waals surface area (Å²) in [6.07, 6.45) is 12.4. The van der Waals surface area contributed by atoms with Crippen molar-refractivity contribution in [3.05, 3.63) is 0 Å². The molecule has 1 saturated heterocycles. The molecule has 1 aliphatic heterocycles. The summed E-state index contributed by atoms with van der Waals surface area (Å²) in [6.45, 7) is 0. The van der Waals surface area contributed by atoms with Crippen molar-refractivity contribution in [1.29, 1.82) is 0 Å². The van der Waals surface area contributed by atoms with E-state index in [1.165, 1.54) is 57.8 Å². The van der Waals surface area contributed by atoms with Crippen LogP contribution in [-0.4, -0.2) is 45.4 Å². The molecule has 2 N–H and O–H groups in total. The van der Waals surface area contributed by atoms with E-state index in [1.54, 1.807) is 0 Å². The molecule has 3 unspecified atom stereocenters. The largest absolute Gasteiger partial charge is 0.481 e. The Bertz CT molecular complexity index is 360. The minimum absolute atomic E-state index is 0.274. The van der Waals surface area contributed by atoms with Crippen molar-refractivity contribution in [1.82, 2.24) is 10.2 Å². The van der Waals surface area contributed by atoms with E-state index in [2.05, 4.69) is 10.2 Å². The first-order valence-corrected chi connectivity index (χ1v) is 9.67. The quantitative estimate of drug-likeness (QED) is 0.817. The van der Waals surface area contributed by atoms with Gasteiger partial charge in [-0.1, -0.05) is 32.1 Å². The standard InChI is InChI=1S/C16H28N2O2S/c19-15(20)10-11-21-16-17-13-8-4-5-9-14(13)18(16)12-6-2-1-3-7-12/h12-14,16-17H,1-11H2,(H,19,20). The Morgan fingerprint density at radius 2 is 1.81 bits per heavy atom. The average molecular weight is 312 g/mol. The number of carboxylic acid groups (broad SMARTS) is 1. The van der Waals surface area contributed by atoms with Gasteiger partial charge in [0.1, 0.15) is 5.50 Å². The highest BCUT2D eigenvalue weighted by Gasteiger charge is 2.44. The summed E-state index contributed by atoms with van der Waals surface area (Å²) in [5.41, 5.74) is 0.348. The lowest BCUT2D eigenvalue weighted by molar-refractivity contribution is -0.136. The third kappa shape index (κ3) is 3.74. The van der Waals surface area contributed by atoms with Crippen LogP contribution in [0.4, 0.5) is 0 Å². The molecular weight excluding hydrogens is 284 g/mol. The number of nitrogens with one attached hydrogen (secondary N) is 1. The minimum Gasteiger partial charge on any atom is -0.481 e. The molecule has 0 amide bonds. The van der Waals surface area contributed by atoms with Gasteiger partial charge >= 0.3 is 5.97 Å². The first-order chi connectivity index (χ1) is 10.3. The van der Waals surface area contributed by atoms with Crippen LogP contribution >= 0.6 is 11.8 Å². The van der Waals surface area contributed by atoms with Crippen molar-refractivity contribution in [2.45, 2.75) is 87.8 Å². The Morgan fingerprint density at radius 1 is 1.10 bits per heavy atom. The summed E-state index contributed by atoms with van der Waals surface area (Å²) < 4.78 is 0. The topological polar surface area (TPSA) is 52.6 Å². The molecule has 5 heteroatoms. The van der Waals surface area contributed by atoms with Crippen LogP contribution in [0, 0.1) is 0 Å². The predicted molar refractivity (Wildman–Crippen MR) is 86.4 cm³/mol. The van der Waals surface area contributed by atoms with Gasteiger partial charge in [0.05, 0.1) is 6.42 Å². The van der Waals surface area contributed by atoms with Crippen LogP contribution in [0.3, 0.4) is 0 Å². The number of aliphatic carboxylic acids is 1. The molecule has 2 aliphatic carbocycles. The second-order valence-corrected chi connectivity index (χ2v) is 7.92. The number of hydrogen-bond donors (Lipinski definition) is 2. The van der Waals surface area contributed by atoms with Gasteiger partial charge in [0.2, 0.25) is 0 Å². The minimum atomic E-state index is -0.679. The number of nitrogens with zero attached hydrogens (tertiary/aromatic N) is 1. The van der Waals surface area contributed by atoms with Crippen LogP contribution in [0.2, 0.25) is 0 Å². The van der Waals surface area contributed by atoms with Gasteiger partial charge in [-0.3, -0.25) is 15.0 Å². The summed E-state index contributed by atoms with van der Waals surface area (Å²) in [7, 11) is 0. The summed E-state index contributed by atoms with van der Waals surface area (Å²) >= 11 is 1.81. The molecule has 0 aromatic carbocycles. The number of hydrogen-bond acceptors (Lipinski definition) is 4. The van der Waals surface area contributed by atoms with Gasteiger partial charge in [-0.2, -0.15) is 0 Å². The van der Waals surface area contributed by atoms with Gasteiger partial charge in [0.15, 0.2) is 0 Å². The van der Waals surface area contributed by atoms with Gasteiger partial charge in [-0.05, 0) is 25.7 Å². The summed E-state index contributed by atoms with van der Waals surface area (Å²) in [6, 6.07) is 2.06. The second-order valence-electron chi connectivity index (χ2n) is 6.73. The van der Waals surface area contributed by atoms with Crippen molar-refractivity contribution in [2.24, 2.45) is 0 Å². The molecule has 120 valence electrons. The smallest absolute Gasteiger partial charge is 0.304 e. The third-order valence-corrected chi connectivity index (χ3v) is 6.46. The number of fused-ring (bicyclic) bond motifs is 1. The van der Waals surface area contributed by atoms with E-state index < -0.39 is 5.97 Å². The van der Waals surface area contributed by atoms with E-state index in [9.17, 15) is 4.79 Å². The van der Waals surface area contributed by atoms with Crippen molar-refractivity contribution in [3.8, 4) is 0 Å². The maximum absolute atomic E-state index is 10.8. The highest BCUT2D eigenvalue weighted by molar-refractivity contribution is 7.99. The predicted octanol–water partition coefficient (Wildman–Crippen LogP) is 3.03. The van der Waals surface area contributed by atoms with Gasteiger partial charge in [-0.15, -0.1) is 11.8 Å². The van der Waals surface area contributed by atoms with Crippen LogP contribution < -0.4 is 5.32 Å². The first-order valence-electron chi connectivity index (χ1n) is 8.62. The van der Waals surface area contributed by atoms with E-state index in [0.717, 1.165) is 11.8 Å². The molecule has 3 rings (SSSR count). The monoisotopic (exact) mass is 312 g/mol. The molecule has 1 heterocycles. The Labute approximate surface area is 132 Å². The summed E-state index contributed by atoms with van der Waals surface area (Å²) in [5.74, 6) is 0.0393. The van der Waals surface area contributed by atoms with E-state index in [-0.39, 0.29) is 6.42 Å². The van der Waals surface area contributed by atoms with Crippen molar-refractivity contribution < 1.29 is 9.90 Å². The molecule has 0 radical (unpaired) electrons. The van der Waals surface area contributed by atoms with Gasteiger partial charge in [0, 0.05) is 23.9 Å². The number of carboxylic acids is 1. The van der Waals surface area contributed by atoms with E-state index >= 15 is 0 Å². The molecule has 3 aliphatic rings. The molecule has 21 heavy (non-hydrogen) atoms. The van der Waals surface area contributed by atoms with Crippen LogP contribution in [0.25, 0.3) is 0 Å². The lowest BCUT2D eigenvalue weighted by Crippen LogP contribution is -2.47. The van der Waals surface area contributed by atoms with Crippen molar-refractivity contribution >= 4 is 17.7 Å². The Morgan fingerprint density at radius 3 is 2.57 bits per heavy atom. The zero-order chi connectivity index (χ0) is 14.7. The van der Waals surface area contributed by atoms with Gasteiger partial charge in [0.25, 0.3) is 0 Å². The lowest BCUT2D eigenvalue weighted by atomic mass is 9.88.